The van der Waals surface area contributed by atoms with Crippen LogP contribution in [0.3, 0.4) is 0 Å². The van der Waals surface area contributed by atoms with Crippen molar-refractivity contribution in [2.24, 2.45) is 0 Å². The van der Waals surface area contributed by atoms with E-state index in [-0.39, 0.29) is 16.4 Å². The molecule has 0 unspecified atom stereocenters. The lowest BCUT2D eigenvalue weighted by atomic mass is 10.1. The van der Waals surface area contributed by atoms with Gasteiger partial charge in [0.15, 0.2) is 23.1 Å². The summed E-state index contributed by atoms with van der Waals surface area (Å²) < 4.78 is 66.5. The molecular weight excluding hydrogens is 415 g/mol. The monoisotopic (exact) mass is 423 g/mol. The summed E-state index contributed by atoms with van der Waals surface area (Å²) in [6, 6.07) is 10.2. The number of hydrogen-bond acceptors (Lipinski definition) is 4. The van der Waals surface area contributed by atoms with Crippen molar-refractivity contribution in [2.75, 3.05) is 4.72 Å². The van der Waals surface area contributed by atoms with Crippen LogP contribution in [0, 0.1) is 28.8 Å². The maximum absolute atomic E-state index is 13.4. The highest BCUT2D eigenvalue weighted by atomic mass is 35.5. The van der Waals surface area contributed by atoms with E-state index < -0.39 is 38.1 Å². The van der Waals surface area contributed by atoms with E-state index in [0.29, 0.717) is 17.7 Å². The van der Waals surface area contributed by atoms with Gasteiger partial charge in [0, 0.05) is 5.56 Å². The minimum atomic E-state index is -4.19. The van der Waals surface area contributed by atoms with Crippen LogP contribution in [-0.4, -0.2) is 13.4 Å². The van der Waals surface area contributed by atoms with Crippen LogP contribution in [0.15, 0.2) is 53.4 Å². The third-order valence-electron chi connectivity index (χ3n) is 3.65. The van der Waals surface area contributed by atoms with Crippen molar-refractivity contribution < 1.29 is 21.6 Å². The van der Waals surface area contributed by atoms with E-state index >= 15 is 0 Å². The third kappa shape index (κ3) is 3.93. The number of pyridine rings is 1. The summed E-state index contributed by atoms with van der Waals surface area (Å²) >= 11 is 6.16. The molecule has 10 heteroatoms. The Morgan fingerprint density at radius 2 is 1.68 bits per heavy atom. The van der Waals surface area contributed by atoms with Crippen LogP contribution in [0.2, 0.25) is 5.02 Å². The summed E-state index contributed by atoms with van der Waals surface area (Å²) in [5.41, 5.74) is 0.213. The first kappa shape index (κ1) is 19.7. The van der Waals surface area contributed by atoms with Gasteiger partial charge in [-0.25, -0.2) is 26.6 Å². The highest BCUT2D eigenvalue weighted by molar-refractivity contribution is 7.92. The van der Waals surface area contributed by atoms with Crippen LogP contribution < -0.4 is 4.72 Å². The maximum Gasteiger partial charge on any atom is 0.261 e. The number of halogens is 4. The van der Waals surface area contributed by atoms with Crippen molar-refractivity contribution in [3.63, 3.8) is 0 Å². The Kier molecular flexibility index (Phi) is 5.27. The Bertz CT molecular complexity index is 1230. The molecule has 0 bridgehead atoms. The fourth-order valence-corrected chi connectivity index (χ4v) is 3.65. The molecule has 142 valence electrons. The summed E-state index contributed by atoms with van der Waals surface area (Å²) in [5, 5.41) is 8.94. The fourth-order valence-electron chi connectivity index (χ4n) is 2.31. The van der Waals surface area contributed by atoms with Crippen molar-refractivity contribution in [3.05, 3.63) is 76.7 Å². The van der Waals surface area contributed by atoms with Gasteiger partial charge in [-0.2, -0.15) is 5.26 Å². The van der Waals surface area contributed by atoms with E-state index in [2.05, 4.69) is 9.71 Å². The molecule has 28 heavy (non-hydrogen) atoms. The summed E-state index contributed by atoms with van der Waals surface area (Å²) in [5.74, 6) is -3.25. The van der Waals surface area contributed by atoms with Crippen molar-refractivity contribution in [3.8, 4) is 17.3 Å². The molecule has 1 N–H and O–H groups in total. The molecule has 0 spiro atoms. The zero-order valence-electron chi connectivity index (χ0n) is 13.7. The lowest BCUT2D eigenvalue weighted by molar-refractivity contribution is 0.504. The molecule has 2 aromatic carbocycles. The average molecular weight is 424 g/mol. The number of anilines is 1. The molecule has 0 aliphatic carbocycles. The number of aromatic nitrogens is 1. The molecule has 3 rings (SSSR count). The molecule has 5 nitrogen and oxygen atoms in total. The maximum atomic E-state index is 13.4. The molecule has 0 fully saturated rings. The first-order valence-electron chi connectivity index (χ1n) is 7.56. The van der Waals surface area contributed by atoms with Gasteiger partial charge in [0.2, 0.25) is 0 Å². The number of nitrogens with zero attached hydrogens (tertiary/aromatic N) is 2. The molecule has 0 radical (unpaired) electrons. The van der Waals surface area contributed by atoms with Crippen molar-refractivity contribution in [1.29, 1.82) is 5.26 Å². The Morgan fingerprint density at radius 1 is 0.964 bits per heavy atom. The van der Waals surface area contributed by atoms with Crippen molar-refractivity contribution in [1.82, 2.24) is 4.98 Å². The zero-order chi connectivity index (χ0) is 20.5. The van der Waals surface area contributed by atoms with Gasteiger partial charge in [-0.1, -0.05) is 11.6 Å². The molecule has 0 saturated carbocycles. The Labute approximate surface area is 163 Å². The topological polar surface area (TPSA) is 82.8 Å². The quantitative estimate of drug-likeness (QED) is 0.670. The van der Waals surface area contributed by atoms with E-state index in [4.69, 9.17) is 16.9 Å². The van der Waals surface area contributed by atoms with Gasteiger partial charge in [0.1, 0.15) is 6.07 Å². The van der Waals surface area contributed by atoms with Gasteiger partial charge >= 0.3 is 0 Å². The zero-order valence-corrected chi connectivity index (χ0v) is 15.3. The average Bonchev–Trinajstić information content (AvgIpc) is 2.64. The molecule has 3 aromatic rings. The second-order valence-electron chi connectivity index (χ2n) is 5.51. The number of nitrogens with one attached hydrogen (secondary N) is 1. The second kappa shape index (κ2) is 7.50. The predicted molar refractivity (Wildman–Crippen MR) is 96.5 cm³/mol. The second-order valence-corrected chi connectivity index (χ2v) is 7.60. The highest BCUT2D eigenvalue weighted by Crippen LogP contribution is 2.30. The highest BCUT2D eigenvalue weighted by Gasteiger charge is 2.18. The summed E-state index contributed by atoms with van der Waals surface area (Å²) in [6.45, 7) is 0. The SMILES string of the molecule is N#Cc1nc(-c2ccc(NS(=O)(=O)c3ccc(F)c(F)c3)cc2Cl)ccc1F. The summed E-state index contributed by atoms with van der Waals surface area (Å²) in [7, 11) is -4.19. The molecule has 1 heterocycles. The van der Waals surface area contributed by atoms with E-state index in [9.17, 15) is 21.6 Å². The van der Waals surface area contributed by atoms with Crippen molar-refractivity contribution in [2.45, 2.75) is 4.90 Å². The first-order chi connectivity index (χ1) is 13.2. The minimum Gasteiger partial charge on any atom is -0.280 e. The lowest BCUT2D eigenvalue weighted by Crippen LogP contribution is -2.13. The van der Waals surface area contributed by atoms with Crippen LogP contribution in [0.25, 0.3) is 11.3 Å². The fraction of sp³-hybridized carbons (Fsp3) is 0. The van der Waals surface area contributed by atoms with Gasteiger partial charge in [-0.3, -0.25) is 4.72 Å². The normalized spacial score (nSPS) is 11.1. The van der Waals surface area contributed by atoms with Crippen LogP contribution in [-0.2, 0) is 10.0 Å². The van der Waals surface area contributed by atoms with Crippen molar-refractivity contribution >= 4 is 27.3 Å². The number of sulfonamides is 1. The molecule has 0 atom stereocenters. The van der Waals surface area contributed by atoms with E-state index in [1.165, 1.54) is 24.3 Å². The Morgan fingerprint density at radius 3 is 2.32 bits per heavy atom. The molecular formula is C18H9ClF3N3O2S. The van der Waals surface area contributed by atoms with Gasteiger partial charge in [-0.15, -0.1) is 0 Å². The Balaban J connectivity index is 1.92. The summed E-state index contributed by atoms with van der Waals surface area (Å²) in [6.07, 6.45) is 0. The van der Waals surface area contributed by atoms with E-state index in [0.717, 1.165) is 12.1 Å². The minimum absolute atomic E-state index is 0.0566. The van der Waals surface area contributed by atoms with E-state index in [1.807, 2.05) is 0 Å². The van der Waals surface area contributed by atoms with Crippen LogP contribution in [0.1, 0.15) is 5.69 Å². The number of hydrogen-bond donors (Lipinski definition) is 1. The Hall–Kier alpha value is -3.09. The smallest absolute Gasteiger partial charge is 0.261 e. The molecule has 0 aliphatic rings. The molecule has 0 amide bonds. The predicted octanol–water partition coefficient (Wildman–Crippen LogP) is 4.49. The number of nitriles is 1. The number of rotatable bonds is 4. The lowest BCUT2D eigenvalue weighted by Gasteiger charge is -2.11. The van der Waals surface area contributed by atoms with Gasteiger partial charge in [-0.05, 0) is 48.5 Å². The van der Waals surface area contributed by atoms with Gasteiger partial charge < -0.3 is 0 Å². The number of benzene rings is 2. The van der Waals surface area contributed by atoms with E-state index in [1.54, 1.807) is 6.07 Å². The molecule has 1 aromatic heterocycles. The standard InChI is InChI=1S/C18H9ClF3N3O2S/c19-13-7-10(25-28(26,27)11-2-4-14(20)16(22)8-11)1-3-12(13)17-6-5-15(21)18(9-23)24-17/h1-8,25H. The van der Waals surface area contributed by atoms with Gasteiger partial charge in [0.05, 0.1) is 21.3 Å². The van der Waals surface area contributed by atoms with Crippen LogP contribution >= 0.6 is 11.6 Å². The third-order valence-corrected chi connectivity index (χ3v) is 5.34. The summed E-state index contributed by atoms with van der Waals surface area (Å²) in [4.78, 5) is 3.39. The largest absolute Gasteiger partial charge is 0.280 e. The van der Waals surface area contributed by atoms with Gasteiger partial charge in [0.25, 0.3) is 10.0 Å². The first-order valence-corrected chi connectivity index (χ1v) is 9.42. The molecule has 0 aliphatic heterocycles. The molecule has 0 saturated heterocycles. The van der Waals surface area contributed by atoms with Crippen LogP contribution in [0.4, 0.5) is 18.9 Å². The van der Waals surface area contributed by atoms with Crippen LogP contribution in [0.5, 0.6) is 0 Å².